The third-order valence-corrected chi connectivity index (χ3v) is 5.33. The number of hydrogen-bond acceptors (Lipinski definition) is 3. The molecule has 0 saturated carbocycles. The number of carbonyl (C=O) groups excluding carboxylic acids is 2. The molecule has 1 aromatic carbocycles. The number of rotatable bonds is 3. The van der Waals surface area contributed by atoms with Crippen molar-refractivity contribution < 1.29 is 19.5 Å². The zero-order valence-electron chi connectivity index (χ0n) is 14.4. The van der Waals surface area contributed by atoms with Crippen LogP contribution in [0.1, 0.15) is 25.7 Å². The number of halogens is 1. The molecule has 1 unspecified atom stereocenters. The quantitative estimate of drug-likeness (QED) is 0.843. The van der Waals surface area contributed by atoms with E-state index < -0.39 is 17.9 Å². The standard InChI is InChI=1S/C18H22ClN3O4/c19-13-4-1-2-6-15(13)22-9-3-5-14(16(22)23)20-18(26)21-10-7-12(8-11-21)17(24)25/h1-2,4,6,12,14H,3,5,7-11H2,(H,20,26)(H,24,25). The minimum absolute atomic E-state index is 0.168. The Morgan fingerprint density at radius 1 is 1.12 bits per heavy atom. The Morgan fingerprint density at radius 2 is 1.81 bits per heavy atom. The van der Waals surface area contributed by atoms with E-state index in [9.17, 15) is 14.4 Å². The van der Waals surface area contributed by atoms with Gasteiger partial charge in [-0.15, -0.1) is 0 Å². The number of carboxylic acid groups (broad SMARTS) is 1. The summed E-state index contributed by atoms with van der Waals surface area (Å²) in [5.41, 5.74) is 0.653. The lowest BCUT2D eigenvalue weighted by molar-refractivity contribution is -0.143. The van der Waals surface area contributed by atoms with Crippen molar-refractivity contribution >= 4 is 35.2 Å². The molecule has 8 heteroatoms. The fourth-order valence-electron chi connectivity index (χ4n) is 3.49. The Kier molecular flexibility index (Phi) is 5.66. The first-order chi connectivity index (χ1) is 12.5. The van der Waals surface area contributed by atoms with E-state index in [1.165, 1.54) is 0 Å². The molecule has 3 rings (SSSR count). The molecular weight excluding hydrogens is 358 g/mol. The average Bonchev–Trinajstić information content (AvgIpc) is 2.64. The number of nitrogens with zero attached hydrogens (tertiary/aromatic N) is 2. The van der Waals surface area contributed by atoms with E-state index >= 15 is 0 Å². The highest BCUT2D eigenvalue weighted by molar-refractivity contribution is 6.33. The van der Waals surface area contributed by atoms with E-state index in [1.54, 1.807) is 28.0 Å². The van der Waals surface area contributed by atoms with Crippen LogP contribution in [0.15, 0.2) is 24.3 Å². The molecule has 1 aromatic rings. The summed E-state index contributed by atoms with van der Waals surface area (Å²) in [5.74, 6) is -1.38. The van der Waals surface area contributed by atoms with Crippen molar-refractivity contribution in [2.75, 3.05) is 24.5 Å². The van der Waals surface area contributed by atoms with Crippen LogP contribution in [0, 0.1) is 5.92 Å². The smallest absolute Gasteiger partial charge is 0.318 e. The van der Waals surface area contributed by atoms with Crippen molar-refractivity contribution in [3.05, 3.63) is 29.3 Å². The minimum atomic E-state index is -0.817. The highest BCUT2D eigenvalue weighted by atomic mass is 35.5. The van der Waals surface area contributed by atoms with Crippen molar-refractivity contribution in [2.24, 2.45) is 5.92 Å². The van der Waals surface area contributed by atoms with Crippen molar-refractivity contribution in [1.29, 1.82) is 0 Å². The Labute approximate surface area is 156 Å². The molecule has 2 saturated heterocycles. The first-order valence-electron chi connectivity index (χ1n) is 8.81. The number of piperidine rings is 2. The first kappa shape index (κ1) is 18.5. The average molecular weight is 380 g/mol. The fraction of sp³-hybridized carbons (Fsp3) is 0.500. The van der Waals surface area contributed by atoms with Crippen LogP contribution in [0.2, 0.25) is 5.02 Å². The Morgan fingerprint density at radius 3 is 2.46 bits per heavy atom. The number of urea groups is 1. The lowest BCUT2D eigenvalue weighted by Gasteiger charge is -2.35. The molecule has 7 nitrogen and oxygen atoms in total. The summed E-state index contributed by atoms with van der Waals surface area (Å²) in [7, 11) is 0. The monoisotopic (exact) mass is 379 g/mol. The molecule has 2 heterocycles. The van der Waals surface area contributed by atoms with Crippen LogP contribution in [-0.4, -0.2) is 53.6 Å². The number of anilines is 1. The Bertz CT molecular complexity index is 703. The molecule has 2 N–H and O–H groups in total. The van der Waals surface area contributed by atoms with Gasteiger partial charge in [-0.1, -0.05) is 23.7 Å². The maximum Gasteiger partial charge on any atom is 0.318 e. The topological polar surface area (TPSA) is 89.9 Å². The van der Waals surface area contributed by atoms with Crippen molar-refractivity contribution in [1.82, 2.24) is 10.2 Å². The van der Waals surface area contributed by atoms with Crippen molar-refractivity contribution in [2.45, 2.75) is 31.7 Å². The normalized spacial score (nSPS) is 21.6. The summed E-state index contributed by atoms with van der Waals surface area (Å²) in [6.07, 6.45) is 2.22. The summed E-state index contributed by atoms with van der Waals surface area (Å²) < 4.78 is 0. The molecular formula is C18H22ClN3O4. The second-order valence-corrected chi connectivity index (χ2v) is 7.09. The van der Waals surface area contributed by atoms with Gasteiger partial charge in [-0.05, 0) is 37.8 Å². The lowest BCUT2D eigenvalue weighted by Crippen LogP contribution is -2.56. The largest absolute Gasteiger partial charge is 0.481 e. The number of carboxylic acids is 1. The molecule has 2 aliphatic heterocycles. The molecule has 0 radical (unpaired) electrons. The molecule has 0 bridgehead atoms. The SMILES string of the molecule is O=C(O)C1CCN(C(=O)NC2CCCN(c3ccccc3Cl)C2=O)CC1. The first-order valence-corrected chi connectivity index (χ1v) is 9.19. The van der Waals surface area contributed by atoms with Gasteiger partial charge in [0.25, 0.3) is 0 Å². The molecule has 0 aromatic heterocycles. The summed E-state index contributed by atoms with van der Waals surface area (Å²) in [6.45, 7) is 1.34. The van der Waals surface area contributed by atoms with Gasteiger partial charge in [-0.2, -0.15) is 0 Å². The Balaban J connectivity index is 1.61. The van der Waals surface area contributed by atoms with E-state index in [1.807, 2.05) is 6.07 Å². The highest BCUT2D eigenvalue weighted by Crippen LogP contribution is 2.28. The molecule has 2 fully saturated rings. The number of amides is 3. The van der Waals surface area contributed by atoms with Gasteiger partial charge in [0, 0.05) is 19.6 Å². The van der Waals surface area contributed by atoms with Crippen molar-refractivity contribution in [3.8, 4) is 0 Å². The number of hydrogen-bond donors (Lipinski definition) is 2. The number of carbonyl (C=O) groups is 3. The zero-order valence-corrected chi connectivity index (χ0v) is 15.1. The van der Waals surface area contributed by atoms with E-state index in [0.29, 0.717) is 49.6 Å². The van der Waals surface area contributed by atoms with Gasteiger partial charge in [0.2, 0.25) is 5.91 Å². The number of aliphatic carboxylic acids is 1. The minimum Gasteiger partial charge on any atom is -0.481 e. The molecule has 140 valence electrons. The van der Waals surface area contributed by atoms with Gasteiger partial charge in [-0.3, -0.25) is 9.59 Å². The number of nitrogens with one attached hydrogen (secondary N) is 1. The van der Waals surface area contributed by atoms with E-state index in [-0.39, 0.29) is 11.9 Å². The van der Waals surface area contributed by atoms with Gasteiger partial charge in [0.05, 0.1) is 16.6 Å². The third kappa shape index (κ3) is 3.93. The summed E-state index contributed by atoms with van der Waals surface area (Å²) in [4.78, 5) is 39.5. The van der Waals surface area contributed by atoms with Crippen LogP contribution in [0.4, 0.5) is 10.5 Å². The maximum atomic E-state index is 12.8. The summed E-state index contributed by atoms with van der Waals surface area (Å²) in [5, 5.41) is 12.3. The van der Waals surface area contributed by atoms with Crippen LogP contribution >= 0.6 is 11.6 Å². The third-order valence-electron chi connectivity index (χ3n) is 5.01. The molecule has 2 aliphatic rings. The molecule has 3 amide bonds. The van der Waals surface area contributed by atoms with E-state index in [4.69, 9.17) is 16.7 Å². The zero-order chi connectivity index (χ0) is 18.7. The maximum absolute atomic E-state index is 12.8. The van der Waals surface area contributed by atoms with Gasteiger partial charge >= 0.3 is 12.0 Å². The molecule has 0 spiro atoms. The van der Waals surface area contributed by atoms with Gasteiger partial charge in [0.15, 0.2) is 0 Å². The molecule has 1 atom stereocenters. The van der Waals surface area contributed by atoms with Gasteiger partial charge < -0.3 is 20.2 Å². The number of para-hydroxylation sites is 1. The summed E-state index contributed by atoms with van der Waals surface area (Å²) in [6, 6.07) is 6.25. The predicted octanol–water partition coefficient (Wildman–Crippen LogP) is 2.34. The van der Waals surface area contributed by atoms with Crippen LogP contribution in [-0.2, 0) is 9.59 Å². The van der Waals surface area contributed by atoms with Gasteiger partial charge in [0.1, 0.15) is 6.04 Å². The highest BCUT2D eigenvalue weighted by Gasteiger charge is 2.34. The van der Waals surface area contributed by atoms with Crippen molar-refractivity contribution in [3.63, 3.8) is 0 Å². The number of likely N-dealkylation sites (tertiary alicyclic amines) is 1. The Hall–Kier alpha value is -2.28. The van der Waals surface area contributed by atoms with Crippen LogP contribution in [0.5, 0.6) is 0 Å². The van der Waals surface area contributed by atoms with Crippen LogP contribution < -0.4 is 10.2 Å². The fourth-order valence-corrected chi connectivity index (χ4v) is 3.73. The van der Waals surface area contributed by atoms with Gasteiger partial charge in [-0.25, -0.2) is 4.79 Å². The molecule has 0 aliphatic carbocycles. The second-order valence-electron chi connectivity index (χ2n) is 6.69. The van der Waals surface area contributed by atoms with E-state index in [0.717, 1.165) is 6.42 Å². The predicted molar refractivity (Wildman–Crippen MR) is 97.3 cm³/mol. The van der Waals surface area contributed by atoms with E-state index in [2.05, 4.69) is 5.32 Å². The van der Waals surface area contributed by atoms with Crippen LogP contribution in [0.25, 0.3) is 0 Å². The number of benzene rings is 1. The summed E-state index contributed by atoms with van der Waals surface area (Å²) >= 11 is 6.20. The van der Waals surface area contributed by atoms with Crippen LogP contribution in [0.3, 0.4) is 0 Å². The second kappa shape index (κ2) is 7.95. The lowest BCUT2D eigenvalue weighted by atomic mass is 9.97. The molecule has 26 heavy (non-hydrogen) atoms.